The number of alkyl halides is 1. The van der Waals surface area contributed by atoms with Crippen molar-refractivity contribution >= 4 is 11.6 Å². The molecule has 0 aromatic carbocycles. The van der Waals surface area contributed by atoms with Crippen molar-refractivity contribution in [2.45, 2.75) is 18.4 Å². The van der Waals surface area contributed by atoms with E-state index in [-0.39, 0.29) is 5.38 Å². The Morgan fingerprint density at radius 3 is 2.33 bits per heavy atom. The molecule has 1 heterocycles. The molecule has 1 aliphatic heterocycles. The largest absolute Gasteiger partial charge is 0.375 e. The molecule has 0 aliphatic carbocycles. The van der Waals surface area contributed by atoms with Crippen LogP contribution in [0.4, 0.5) is 0 Å². The van der Waals surface area contributed by atoms with E-state index in [2.05, 4.69) is 0 Å². The van der Waals surface area contributed by atoms with E-state index in [1.807, 2.05) is 6.92 Å². The third kappa shape index (κ3) is 0.525. The van der Waals surface area contributed by atoms with Gasteiger partial charge in [0.1, 0.15) is 0 Å². The van der Waals surface area contributed by atoms with Gasteiger partial charge in [-0.25, -0.2) is 0 Å². The Kier molecular flexibility index (Phi) is 1.02. The molecule has 1 aliphatic rings. The van der Waals surface area contributed by atoms with Gasteiger partial charge in [0, 0.05) is 0 Å². The van der Waals surface area contributed by atoms with Crippen molar-refractivity contribution in [3.63, 3.8) is 0 Å². The Morgan fingerprint density at radius 2 is 2.33 bits per heavy atom. The number of halogens is 1. The standard InChI is InChI=1S/C4H7ClO/c1-3-4(5)2-6-3/h3-4H,2H2,1H3/t3-,4-/m0/s1. The van der Waals surface area contributed by atoms with E-state index in [1.165, 1.54) is 0 Å². The van der Waals surface area contributed by atoms with Crippen LogP contribution in [0.2, 0.25) is 0 Å². The number of hydrogen-bond donors (Lipinski definition) is 0. The molecule has 1 nitrogen and oxygen atoms in total. The van der Waals surface area contributed by atoms with Crippen LogP contribution in [0, 0.1) is 0 Å². The average Bonchev–Trinajstić information content (AvgIpc) is 1.61. The summed E-state index contributed by atoms with van der Waals surface area (Å²) in [4.78, 5) is 0. The SMILES string of the molecule is C[C@@H]1OC[C@@H]1Cl. The van der Waals surface area contributed by atoms with Crippen molar-refractivity contribution in [2.24, 2.45) is 0 Å². The van der Waals surface area contributed by atoms with Crippen LogP contribution in [-0.2, 0) is 4.74 Å². The highest BCUT2D eigenvalue weighted by atomic mass is 35.5. The molecule has 1 saturated heterocycles. The zero-order valence-electron chi connectivity index (χ0n) is 3.65. The fourth-order valence-electron chi connectivity index (χ4n) is 0.361. The van der Waals surface area contributed by atoms with Crippen LogP contribution in [0.1, 0.15) is 6.92 Å². The van der Waals surface area contributed by atoms with Crippen LogP contribution in [0.3, 0.4) is 0 Å². The van der Waals surface area contributed by atoms with Crippen LogP contribution < -0.4 is 0 Å². The first-order chi connectivity index (χ1) is 2.80. The van der Waals surface area contributed by atoms with E-state index in [9.17, 15) is 0 Å². The number of ether oxygens (including phenoxy) is 1. The van der Waals surface area contributed by atoms with Gasteiger partial charge in [0.05, 0.1) is 18.1 Å². The van der Waals surface area contributed by atoms with Gasteiger partial charge in [-0.05, 0) is 6.92 Å². The predicted molar refractivity (Wildman–Crippen MR) is 25.1 cm³/mol. The fraction of sp³-hybridized carbons (Fsp3) is 1.00. The van der Waals surface area contributed by atoms with E-state index in [0.717, 1.165) is 6.61 Å². The van der Waals surface area contributed by atoms with E-state index < -0.39 is 0 Å². The Bertz CT molecular complexity index is 47.5. The second-order valence-corrected chi connectivity index (χ2v) is 2.12. The molecule has 0 N–H and O–H groups in total. The van der Waals surface area contributed by atoms with E-state index in [0.29, 0.717) is 6.10 Å². The minimum Gasteiger partial charge on any atom is -0.375 e. The van der Waals surface area contributed by atoms with Gasteiger partial charge in [0.2, 0.25) is 0 Å². The monoisotopic (exact) mass is 106 g/mol. The summed E-state index contributed by atoms with van der Waals surface area (Å²) in [6, 6.07) is 0. The summed E-state index contributed by atoms with van der Waals surface area (Å²) >= 11 is 5.57. The first-order valence-electron chi connectivity index (χ1n) is 2.06. The molecule has 2 heteroatoms. The lowest BCUT2D eigenvalue weighted by atomic mass is 10.2. The third-order valence-corrected chi connectivity index (χ3v) is 1.51. The molecule has 0 spiro atoms. The average molecular weight is 107 g/mol. The quantitative estimate of drug-likeness (QED) is 0.419. The van der Waals surface area contributed by atoms with Crippen molar-refractivity contribution in [2.75, 3.05) is 6.61 Å². The minimum atomic E-state index is 0.282. The summed E-state index contributed by atoms with van der Waals surface area (Å²) in [7, 11) is 0. The Balaban J connectivity index is 2.20. The van der Waals surface area contributed by atoms with E-state index in [1.54, 1.807) is 0 Å². The Hall–Kier alpha value is 0.250. The normalized spacial score (nSPS) is 45.0. The molecule has 0 aromatic heterocycles. The summed E-state index contributed by atoms with van der Waals surface area (Å²) in [6.45, 7) is 2.71. The zero-order valence-corrected chi connectivity index (χ0v) is 4.40. The van der Waals surface area contributed by atoms with Crippen molar-refractivity contribution < 1.29 is 4.74 Å². The van der Waals surface area contributed by atoms with Gasteiger partial charge >= 0.3 is 0 Å². The first-order valence-corrected chi connectivity index (χ1v) is 2.50. The van der Waals surface area contributed by atoms with Crippen molar-refractivity contribution in [1.29, 1.82) is 0 Å². The number of rotatable bonds is 0. The molecule has 1 rings (SSSR count). The summed E-state index contributed by atoms with van der Waals surface area (Å²) in [5.41, 5.74) is 0. The van der Waals surface area contributed by atoms with E-state index in [4.69, 9.17) is 16.3 Å². The minimum absolute atomic E-state index is 0.282. The summed E-state index contributed by atoms with van der Waals surface area (Å²) < 4.78 is 4.91. The van der Waals surface area contributed by atoms with Crippen LogP contribution in [0.15, 0.2) is 0 Å². The summed E-state index contributed by atoms with van der Waals surface area (Å²) in [5.74, 6) is 0. The molecule has 0 amide bonds. The zero-order chi connectivity index (χ0) is 4.57. The van der Waals surface area contributed by atoms with Gasteiger partial charge in [-0.15, -0.1) is 11.6 Å². The van der Waals surface area contributed by atoms with Gasteiger partial charge in [0.15, 0.2) is 0 Å². The van der Waals surface area contributed by atoms with Gasteiger partial charge < -0.3 is 4.74 Å². The van der Waals surface area contributed by atoms with Crippen molar-refractivity contribution in [3.8, 4) is 0 Å². The van der Waals surface area contributed by atoms with E-state index >= 15 is 0 Å². The maximum Gasteiger partial charge on any atom is 0.0828 e. The lowest BCUT2D eigenvalue weighted by molar-refractivity contribution is -0.0316. The predicted octanol–water partition coefficient (Wildman–Crippen LogP) is 1.01. The van der Waals surface area contributed by atoms with Gasteiger partial charge in [0.25, 0.3) is 0 Å². The Morgan fingerprint density at radius 1 is 1.83 bits per heavy atom. The van der Waals surface area contributed by atoms with Gasteiger partial charge in [-0.1, -0.05) is 0 Å². The molecule has 0 saturated carbocycles. The lowest BCUT2D eigenvalue weighted by Crippen LogP contribution is -2.37. The number of hydrogen-bond acceptors (Lipinski definition) is 1. The molecule has 0 unspecified atom stereocenters. The summed E-state index contributed by atoms with van der Waals surface area (Å²) in [6.07, 6.45) is 0.298. The maximum absolute atomic E-state index is 5.57. The van der Waals surface area contributed by atoms with Crippen molar-refractivity contribution in [3.05, 3.63) is 0 Å². The van der Waals surface area contributed by atoms with Gasteiger partial charge in [-0.3, -0.25) is 0 Å². The Labute approximate surface area is 42.2 Å². The highest BCUT2D eigenvalue weighted by molar-refractivity contribution is 6.21. The molecule has 2 atom stereocenters. The second-order valence-electron chi connectivity index (χ2n) is 1.55. The molecule has 6 heavy (non-hydrogen) atoms. The third-order valence-electron chi connectivity index (χ3n) is 1.03. The van der Waals surface area contributed by atoms with Crippen LogP contribution in [0.25, 0.3) is 0 Å². The molecular weight excluding hydrogens is 99.5 g/mol. The smallest absolute Gasteiger partial charge is 0.0828 e. The summed E-state index contributed by atoms with van der Waals surface area (Å²) in [5, 5.41) is 0.282. The topological polar surface area (TPSA) is 9.23 Å². The lowest BCUT2D eigenvalue weighted by Gasteiger charge is -2.28. The molecule has 0 bridgehead atoms. The second kappa shape index (κ2) is 1.39. The molecular formula is C4H7ClO. The highest BCUT2D eigenvalue weighted by Crippen LogP contribution is 2.16. The first kappa shape index (κ1) is 4.41. The highest BCUT2D eigenvalue weighted by Gasteiger charge is 2.24. The molecule has 0 aromatic rings. The fourth-order valence-corrected chi connectivity index (χ4v) is 0.507. The molecule has 36 valence electrons. The molecule has 0 radical (unpaired) electrons. The van der Waals surface area contributed by atoms with Gasteiger partial charge in [-0.2, -0.15) is 0 Å². The van der Waals surface area contributed by atoms with Crippen LogP contribution in [0.5, 0.6) is 0 Å². The van der Waals surface area contributed by atoms with Crippen molar-refractivity contribution in [1.82, 2.24) is 0 Å². The maximum atomic E-state index is 5.57. The van der Waals surface area contributed by atoms with Crippen LogP contribution in [-0.4, -0.2) is 18.1 Å². The van der Waals surface area contributed by atoms with Crippen LogP contribution >= 0.6 is 11.6 Å². The molecule has 1 fully saturated rings.